The number of carboxylic acids is 1. The maximum atomic E-state index is 12.1. The van der Waals surface area contributed by atoms with Crippen LogP contribution in [-0.2, 0) is 11.2 Å². The van der Waals surface area contributed by atoms with Crippen LogP contribution in [-0.4, -0.2) is 22.5 Å². The topological polar surface area (TPSA) is 66.8 Å². The minimum Gasteiger partial charge on any atom is -0.479 e. The van der Waals surface area contributed by atoms with Crippen molar-refractivity contribution in [2.45, 2.75) is 25.8 Å². The van der Waals surface area contributed by atoms with Gasteiger partial charge in [0.1, 0.15) is 5.75 Å². The van der Waals surface area contributed by atoms with Crippen molar-refractivity contribution in [2.24, 2.45) is 0 Å². The highest BCUT2D eigenvalue weighted by Crippen LogP contribution is 2.27. The van der Waals surface area contributed by atoms with Crippen LogP contribution in [0.5, 0.6) is 5.75 Å². The van der Waals surface area contributed by atoms with Crippen LogP contribution in [0, 0.1) is 0 Å². The van der Waals surface area contributed by atoms with Crippen molar-refractivity contribution >= 4 is 5.97 Å². The minimum absolute atomic E-state index is 0.152. The molecule has 1 rings (SSSR count). The highest BCUT2D eigenvalue weighted by Gasteiger charge is 2.31. The number of alkyl halides is 3. The number of carbonyl (C=O) groups is 1. The number of aryl methyl sites for hydroxylation is 1. The molecule has 0 saturated heterocycles. The summed E-state index contributed by atoms with van der Waals surface area (Å²) in [5, 5.41) is 17.9. The number of rotatable bonds is 4. The van der Waals surface area contributed by atoms with Gasteiger partial charge in [0.05, 0.1) is 0 Å². The second-order valence-electron chi connectivity index (χ2n) is 3.55. The van der Waals surface area contributed by atoms with Crippen LogP contribution in [0.4, 0.5) is 13.2 Å². The smallest absolute Gasteiger partial charge is 0.479 e. The van der Waals surface area contributed by atoms with Crippen LogP contribution >= 0.6 is 0 Å². The fourth-order valence-corrected chi connectivity index (χ4v) is 1.38. The Hall–Kier alpha value is -1.76. The van der Waals surface area contributed by atoms with Crippen LogP contribution in [0.3, 0.4) is 0 Å². The SMILES string of the molecule is CCc1cc(OC(F)(F)F)cc(C(O)C(=O)O)c1. The molecule has 0 aliphatic rings. The first-order chi connectivity index (χ1) is 8.23. The van der Waals surface area contributed by atoms with Crippen molar-refractivity contribution in [2.75, 3.05) is 0 Å². The van der Waals surface area contributed by atoms with Crippen LogP contribution in [0.25, 0.3) is 0 Å². The Morgan fingerprint density at radius 2 is 2.00 bits per heavy atom. The monoisotopic (exact) mass is 264 g/mol. The fourth-order valence-electron chi connectivity index (χ4n) is 1.38. The normalized spacial score (nSPS) is 13.2. The molecule has 0 aliphatic carbocycles. The molecule has 1 aromatic carbocycles. The highest BCUT2D eigenvalue weighted by atomic mass is 19.4. The van der Waals surface area contributed by atoms with Crippen molar-refractivity contribution in [1.29, 1.82) is 0 Å². The lowest BCUT2D eigenvalue weighted by Crippen LogP contribution is -2.18. The molecule has 0 radical (unpaired) electrons. The molecule has 0 bridgehead atoms. The molecule has 0 aliphatic heterocycles. The third kappa shape index (κ3) is 3.92. The molecule has 100 valence electrons. The quantitative estimate of drug-likeness (QED) is 0.875. The van der Waals surface area contributed by atoms with Gasteiger partial charge in [-0.05, 0) is 29.7 Å². The van der Waals surface area contributed by atoms with E-state index < -0.39 is 24.2 Å². The molecule has 1 aromatic rings. The third-order valence-corrected chi connectivity index (χ3v) is 2.18. The number of hydrogen-bond donors (Lipinski definition) is 2. The lowest BCUT2D eigenvalue weighted by Gasteiger charge is -2.13. The van der Waals surface area contributed by atoms with Crippen LogP contribution in [0.2, 0.25) is 0 Å². The van der Waals surface area contributed by atoms with E-state index in [2.05, 4.69) is 4.74 Å². The predicted octanol–water partition coefficient (Wildman–Crippen LogP) is 2.27. The standard InChI is InChI=1S/C11H11F3O4/c1-2-6-3-7(9(15)10(16)17)5-8(4-6)18-11(12,13)14/h3-5,9,15H,2H2,1H3,(H,16,17). The molecular formula is C11H11F3O4. The summed E-state index contributed by atoms with van der Waals surface area (Å²) in [7, 11) is 0. The van der Waals surface area contributed by atoms with Gasteiger partial charge >= 0.3 is 12.3 Å². The summed E-state index contributed by atoms with van der Waals surface area (Å²) in [4.78, 5) is 10.6. The molecule has 0 saturated carbocycles. The highest BCUT2D eigenvalue weighted by molar-refractivity contribution is 5.74. The molecule has 1 atom stereocenters. The average molecular weight is 264 g/mol. The molecule has 0 amide bonds. The van der Waals surface area contributed by atoms with Gasteiger partial charge in [-0.25, -0.2) is 4.79 Å². The van der Waals surface area contributed by atoms with E-state index in [1.807, 2.05) is 0 Å². The molecule has 0 heterocycles. The molecule has 2 N–H and O–H groups in total. The Morgan fingerprint density at radius 3 is 2.44 bits per heavy atom. The van der Waals surface area contributed by atoms with Gasteiger partial charge in [-0.3, -0.25) is 0 Å². The van der Waals surface area contributed by atoms with Crippen LogP contribution in [0.15, 0.2) is 18.2 Å². The Labute approximate surface area is 101 Å². The van der Waals surface area contributed by atoms with Crippen LogP contribution in [0.1, 0.15) is 24.2 Å². The van der Waals surface area contributed by atoms with Gasteiger partial charge in [-0.15, -0.1) is 13.2 Å². The number of benzene rings is 1. The summed E-state index contributed by atoms with van der Waals surface area (Å²) in [5.74, 6) is -2.08. The van der Waals surface area contributed by atoms with Gasteiger partial charge in [-0.2, -0.15) is 0 Å². The van der Waals surface area contributed by atoms with Gasteiger partial charge in [0.25, 0.3) is 0 Å². The number of aliphatic hydroxyl groups is 1. The zero-order valence-electron chi connectivity index (χ0n) is 9.36. The first-order valence-electron chi connectivity index (χ1n) is 5.03. The second-order valence-corrected chi connectivity index (χ2v) is 3.55. The van der Waals surface area contributed by atoms with E-state index in [-0.39, 0.29) is 5.56 Å². The van der Waals surface area contributed by atoms with Gasteiger partial charge in [0.2, 0.25) is 0 Å². The van der Waals surface area contributed by atoms with E-state index >= 15 is 0 Å². The summed E-state index contributed by atoms with van der Waals surface area (Å²) in [6.45, 7) is 1.68. The number of hydrogen-bond acceptors (Lipinski definition) is 3. The number of aliphatic carboxylic acids is 1. The summed E-state index contributed by atoms with van der Waals surface area (Å²) in [6.07, 6.45) is -6.36. The lowest BCUT2D eigenvalue weighted by molar-refractivity contribution is -0.274. The number of carboxylic acid groups (broad SMARTS) is 1. The van der Waals surface area contributed by atoms with Crippen molar-refractivity contribution in [1.82, 2.24) is 0 Å². The summed E-state index contributed by atoms with van der Waals surface area (Å²) in [5.41, 5.74) is 0.285. The molecule has 4 nitrogen and oxygen atoms in total. The van der Waals surface area contributed by atoms with E-state index in [1.54, 1.807) is 6.92 Å². The first kappa shape index (κ1) is 14.3. The Balaban J connectivity index is 3.13. The second kappa shape index (κ2) is 5.26. The summed E-state index contributed by atoms with van der Waals surface area (Å²) in [6, 6.07) is 3.32. The first-order valence-corrected chi connectivity index (χ1v) is 5.03. The molecular weight excluding hydrogens is 253 g/mol. The van der Waals surface area contributed by atoms with E-state index in [9.17, 15) is 23.1 Å². The largest absolute Gasteiger partial charge is 0.573 e. The van der Waals surface area contributed by atoms with E-state index in [0.29, 0.717) is 12.0 Å². The lowest BCUT2D eigenvalue weighted by atomic mass is 10.0. The van der Waals surface area contributed by atoms with Gasteiger partial charge in [0, 0.05) is 0 Å². The Morgan fingerprint density at radius 1 is 1.39 bits per heavy atom. The van der Waals surface area contributed by atoms with Crippen molar-refractivity contribution in [3.8, 4) is 5.75 Å². The Kier molecular flexibility index (Phi) is 4.18. The van der Waals surface area contributed by atoms with E-state index in [0.717, 1.165) is 12.1 Å². The maximum Gasteiger partial charge on any atom is 0.573 e. The van der Waals surface area contributed by atoms with Crippen molar-refractivity contribution < 1.29 is 32.9 Å². The van der Waals surface area contributed by atoms with Gasteiger partial charge in [-0.1, -0.05) is 13.0 Å². The minimum atomic E-state index is -4.86. The average Bonchev–Trinajstić information content (AvgIpc) is 2.24. The third-order valence-electron chi connectivity index (χ3n) is 2.18. The number of halogens is 3. The van der Waals surface area contributed by atoms with Crippen LogP contribution < -0.4 is 4.74 Å². The predicted molar refractivity (Wildman–Crippen MR) is 55.1 cm³/mol. The zero-order chi connectivity index (χ0) is 13.9. The molecule has 0 aromatic heterocycles. The van der Waals surface area contributed by atoms with Crippen molar-refractivity contribution in [3.05, 3.63) is 29.3 Å². The van der Waals surface area contributed by atoms with Gasteiger partial charge < -0.3 is 14.9 Å². The molecule has 18 heavy (non-hydrogen) atoms. The zero-order valence-corrected chi connectivity index (χ0v) is 9.36. The number of ether oxygens (including phenoxy) is 1. The molecule has 1 unspecified atom stereocenters. The van der Waals surface area contributed by atoms with E-state index in [4.69, 9.17) is 5.11 Å². The van der Waals surface area contributed by atoms with Gasteiger partial charge in [0.15, 0.2) is 6.10 Å². The van der Waals surface area contributed by atoms with Crippen molar-refractivity contribution in [3.63, 3.8) is 0 Å². The maximum absolute atomic E-state index is 12.1. The molecule has 7 heteroatoms. The number of aliphatic hydroxyl groups excluding tert-OH is 1. The summed E-state index contributed by atoms with van der Waals surface area (Å²) >= 11 is 0. The molecule has 0 fully saturated rings. The molecule has 0 spiro atoms. The fraction of sp³-hybridized carbons (Fsp3) is 0.364. The summed E-state index contributed by atoms with van der Waals surface area (Å²) < 4.78 is 39.9. The Bertz CT molecular complexity index is 442. The van der Waals surface area contributed by atoms with E-state index in [1.165, 1.54) is 6.07 Å².